The van der Waals surface area contributed by atoms with E-state index >= 15 is 0 Å². The minimum Gasteiger partial charge on any atom is -0.495 e. The summed E-state index contributed by atoms with van der Waals surface area (Å²) in [4.78, 5) is 12.8. The number of rotatable bonds is 7. The molecule has 0 atom stereocenters. The highest BCUT2D eigenvalue weighted by Gasteiger charge is 2.16. The van der Waals surface area contributed by atoms with Gasteiger partial charge < -0.3 is 35.4 Å². The largest absolute Gasteiger partial charge is 0.495 e. The van der Waals surface area contributed by atoms with Crippen molar-refractivity contribution >= 4 is 17.3 Å². The number of ether oxygens (including phenoxy) is 1. The molecule has 0 spiro atoms. The van der Waals surface area contributed by atoms with Gasteiger partial charge in [0.1, 0.15) is 5.75 Å². The number of anilines is 2. The summed E-state index contributed by atoms with van der Waals surface area (Å²) in [5.41, 5.74) is 0.869. The van der Waals surface area contributed by atoms with Crippen LogP contribution in [0.5, 0.6) is 5.75 Å². The van der Waals surface area contributed by atoms with E-state index in [0.29, 0.717) is 17.1 Å². The van der Waals surface area contributed by atoms with E-state index in [4.69, 9.17) is 25.2 Å². The second kappa shape index (κ2) is 7.79. The predicted octanol–water partition coefficient (Wildman–Crippen LogP) is -0.919. The van der Waals surface area contributed by atoms with Gasteiger partial charge in [-0.1, -0.05) is 0 Å². The van der Waals surface area contributed by atoms with Crippen LogP contribution >= 0.6 is 0 Å². The number of aliphatic hydroxyl groups is 4. The number of carbonyl (C=O) groups excluding carboxylic acids is 1. The SMILES string of the molecule is COc1ccc(N(CC(O)O)C(C)=O)cc1NCC(O)O. The molecule has 8 nitrogen and oxygen atoms in total. The molecule has 0 aliphatic heterocycles. The predicted molar refractivity (Wildman–Crippen MR) is 76.0 cm³/mol. The van der Waals surface area contributed by atoms with Crippen molar-refractivity contribution in [2.75, 3.05) is 30.4 Å². The average molecular weight is 300 g/mol. The zero-order valence-corrected chi connectivity index (χ0v) is 11.9. The summed E-state index contributed by atoms with van der Waals surface area (Å²) in [6, 6.07) is 4.72. The fraction of sp³-hybridized carbons (Fsp3) is 0.462. The van der Waals surface area contributed by atoms with E-state index in [-0.39, 0.29) is 19.0 Å². The Labute approximate surface area is 122 Å². The number of methoxy groups -OCH3 is 1. The second-order valence-corrected chi connectivity index (χ2v) is 4.36. The molecule has 1 aromatic rings. The van der Waals surface area contributed by atoms with Gasteiger partial charge in [0.05, 0.1) is 25.9 Å². The number of hydrogen-bond acceptors (Lipinski definition) is 7. The lowest BCUT2D eigenvalue weighted by atomic mass is 10.2. The number of carbonyl (C=O) groups is 1. The van der Waals surface area contributed by atoms with Crippen molar-refractivity contribution < 1.29 is 30.0 Å². The van der Waals surface area contributed by atoms with Crippen LogP contribution in [0.4, 0.5) is 11.4 Å². The van der Waals surface area contributed by atoms with Gasteiger partial charge in [-0.15, -0.1) is 0 Å². The quantitative estimate of drug-likeness (QED) is 0.413. The summed E-state index contributed by atoms with van der Waals surface area (Å²) in [7, 11) is 1.45. The number of aliphatic hydroxyl groups excluding tert-OH is 2. The van der Waals surface area contributed by atoms with Gasteiger partial charge in [0.2, 0.25) is 5.91 Å². The van der Waals surface area contributed by atoms with Crippen molar-refractivity contribution in [3.63, 3.8) is 0 Å². The Morgan fingerprint density at radius 1 is 1.29 bits per heavy atom. The third-order valence-electron chi connectivity index (χ3n) is 2.70. The first-order valence-corrected chi connectivity index (χ1v) is 6.27. The Kier molecular flexibility index (Phi) is 6.38. The summed E-state index contributed by atoms with van der Waals surface area (Å²) in [6.45, 7) is 0.906. The Balaban J connectivity index is 3.06. The Bertz CT molecular complexity index is 478. The van der Waals surface area contributed by atoms with Crippen molar-refractivity contribution in [3.8, 4) is 5.75 Å². The third-order valence-corrected chi connectivity index (χ3v) is 2.70. The fourth-order valence-electron chi connectivity index (χ4n) is 1.78. The van der Waals surface area contributed by atoms with Crippen molar-refractivity contribution in [3.05, 3.63) is 18.2 Å². The van der Waals surface area contributed by atoms with E-state index in [1.54, 1.807) is 18.2 Å². The zero-order chi connectivity index (χ0) is 16.0. The molecule has 0 radical (unpaired) electrons. The molecule has 8 heteroatoms. The van der Waals surface area contributed by atoms with E-state index < -0.39 is 12.6 Å². The van der Waals surface area contributed by atoms with Gasteiger partial charge in [-0.3, -0.25) is 4.79 Å². The van der Waals surface area contributed by atoms with Crippen LogP contribution in [0.25, 0.3) is 0 Å². The van der Waals surface area contributed by atoms with Gasteiger partial charge in [-0.25, -0.2) is 0 Å². The molecule has 0 unspecified atom stereocenters. The molecule has 1 amide bonds. The first-order chi connectivity index (χ1) is 9.85. The van der Waals surface area contributed by atoms with Gasteiger partial charge in [0.15, 0.2) is 12.6 Å². The molecule has 0 aromatic heterocycles. The number of amides is 1. The van der Waals surface area contributed by atoms with E-state index in [2.05, 4.69) is 5.32 Å². The number of hydrogen-bond donors (Lipinski definition) is 5. The third kappa shape index (κ3) is 5.20. The minimum absolute atomic E-state index is 0.123. The minimum atomic E-state index is -1.66. The smallest absolute Gasteiger partial charge is 0.224 e. The number of nitrogens with zero attached hydrogens (tertiary/aromatic N) is 1. The van der Waals surface area contributed by atoms with E-state index in [1.165, 1.54) is 18.9 Å². The average Bonchev–Trinajstić information content (AvgIpc) is 2.41. The highest BCUT2D eigenvalue weighted by molar-refractivity contribution is 5.92. The van der Waals surface area contributed by atoms with Crippen molar-refractivity contribution in [2.24, 2.45) is 0 Å². The first-order valence-electron chi connectivity index (χ1n) is 6.27. The molecule has 0 bridgehead atoms. The second-order valence-electron chi connectivity index (χ2n) is 4.36. The first kappa shape index (κ1) is 17.2. The standard InChI is InChI=1S/C13H20N2O6/c1-8(16)15(7-13(19)20)9-3-4-11(21-2)10(5-9)14-6-12(17)18/h3-5,12-14,17-20H,6-7H2,1-2H3. The van der Waals surface area contributed by atoms with Gasteiger partial charge in [-0.05, 0) is 18.2 Å². The van der Waals surface area contributed by atoms with E-state index in [9.17, 15) is 4.79 Å². The Morgan fingerprint density at radius 2 is 1.95 bits per heavy atom. The van der Waals surface area contributed by atoms with Crippen LogP contribution in [0, 0.1) is 0 Å². The maximum absolute atomic E-state index is 11.6. The van der Waals surface area contributed by atoms with Crippen molar-refractivity contribution in [1.29, 1.82) is 0 Å². The molecule has 1 rings (SSSR count). The van der Waals surface area contributed by atoms with Crippen LogP contribution in [0.3, 0.4) is 0 Å². The number of nitrogens with one attached hydrogen (secondary N) is 1. The van der Waals surface area contributed by atoms with Crippen LogP contribution in [0.15, 0.2) is 18.2 Å². The molecule has 0 heterocycles. The Morgan fingerprint density at radius 3 is 2.43 bits per heavy atom. The summed E-state index contributed by atoms with van der Waals surface area (Å²) < 4.78 is 5.13. The maximum atomic E-state index is 11.6. The molecule has 21 heavy (non-hydrogen) atoms. The molecular formula is C13H20N2O6. The highest BCUT2D eigenvalue weighted by atomic mass is 16.5. The zero-order valence-electron chi connectivity index (χ0n) is 11.9. The van der Waals surface area contributed by atoms with E-state index in [0.717, 1.165) is 0 Å². The normalized spacial score (nSPS) is 10.9. The lowest BCUT2D eigenvalue weighted by Crippen LogP contribution is -2.36. The molecule has 0 aliphatic carbocycles. The summed E-state index contributed by atoms with van der Waals surface area (Å²) >= 11 is 0. The van der Waals surface area contributed by atoms with Crippen molar-refractivity contribution in [2.45, 2.75) is 19.5 Å². The molecule has 0 saturated heterocycles. The molecule has 0 saturated carbocycles. The van der Waals surface area contributed by atoms with Crippen LogP contribution in [-0.2, 0) is 4.79 Å². The van der Waals surface area contributed by atoms with Crippen LogP contribution in [-0.4, -0.2) is 59.1 Å². The lowest BCUT2D eigenvalue weighted by molar-refractivity contribution is -0.118. The van der Waals surface area contributed by atoms with Crippen LogP contribution in [0.1, 0.15) is 6.92 Å². The Hall–Kier alpha value is -1.87. The molecule has 0 aliphatic rings. The molecule has 1 aromatic carbocycles. The van der Waals surface area contributed by atoms with Crippen molar-refractivity contribution in [1.82, 2.24) is 0 Å². The summed E-state index contributed by atoms with van der Waals surface area (Å²) in [5.74, 6) is 0.0915. The summed E-state index contributed by atoms with van der Waals surface area (Å²) in [6.07, 6.45) is -3.20. The van der Waals surface area contributed by atoms with Gasteiger partial charge in [0, 0.05) is 12.6 Å². The van der Waals surface area contributed by atoms with Crippen LogP contribution < -0.4 is 15.0 Å². The topological polar surface area (TPSA) is 122 Å². The van der Waals surface area contributed by atoms with E-state index in [1.807, 2.05) is 0 Å². The molecular weight excluding hydrogens is 280 g/mol. The fourth-order valence-corrected chi connectivity index (χ4v) is 1.78. The lowest BCUT2D eigenvalue weighted by Gasteiger charge is -2.23. The van der Waals surface area contributed by atoms with Gasteiger partial charge in [0.25, 0.3) is 0 Å². The maximum Gasteiger partial charge on any atom is 0.224 e. The monoisotopic (exact) mass is 300 g/mol. The summed E-state index contributed by atoms with van der Waals surface area (Å²) in [5, 5.41) is 38.6. The molecule has 0 fully saturated rings. The van der Waals surface area contributed by atoms with Crippen LogP contribution in [0.2, 0.25) is 0 Å². The van der Waals surface area contributed by atoms with Gasteiger partial charge in [-0.2, -0.15) is 0 Å². The highest BCUT2D eigenvalue weighted by Crippen LogP contribution is 2.29. The number of benzene rings is 1. The molecule has 118 valence electrons. The molecule has 5 N–H and O–H groups in total. The van der Waals surface area contributed by atoms with Gasteiger partial charge >= 0.3 is 0 Å².